The van der Waals surface area contributed by atoms with E-state index in [4.69, 9.17) is 0 Å². The minimum absolute atomic E-state index is 0. The van der Waals surface area contributed by atoms with Gasteiger partial charge in [-0.25, -0.2) is 0 Å². The van der Waals surface area contributed by atoms with E-state index in [1.807, 2.05) is 0 Å². The van der Waals surface area contributed by atoms with Crippen molar-refractivity contribution in [2.24, 2.45) is 4.99 Å². The largest absolute Gasteiger partial charge is 0.452 e. The van der Waals surface area contributed by atoms with Gasteiger partial charge in [0.25, 0.3) is 0 Å². The summed E-state index contributed by atoms with van der Waals surface area (Å²) in [7, 11) is 0. The van der Waals surface area contributed by atoms with E-state index in [0.717, 1.165) is 0 Å². The fraction of sp³-hybridized carbons (Fsp3) is 0.400. The Hall–Kier alpha value is -1.15. The van der Waals surface area contributed by atoms with Gasteiger partial charge in [-0.3, -0.25) is 4.98 Å². The van der Waals surface area contributed by atoms with E-state index in [0.29, 0.717) is 0 Å². The van der Waals surface area contributed by atoms with Gasteiger partial charge < -0.3 is 10.3 Å². The summed E-state index contributed by atoms with van der Waals surface area (Å²) in [5, 5.41) is 3.02. The van der Waals surface area contributed by atoms with E-state index < -0.39 is 30.3 Å². The van der Waals surface area contributed by atoms with Crippen molar-refractivity contribution in [1.29, 1.82) is 0 Å². The summed E-state index contributed by atoms with van der Waals surface area (Å²) < 4.78 is 75.3. The summed E-state index contributed by atoms with van der Waals surface area (Å²) in [4.78, 5) is 6.65. The molecule has 2 atom stereocenters. The first-order chi connectivity index (χ1) is 8.69. The average molecular weight is 474 g/mol. The molecule has 2 heterocycles. The van der Waals surface area contributed by atoms with Gasteiger partial charge in [0.05, 0.1) is 17.8 Å². The number of hydrogen-bond acceptors (Lipinski definition) is 2. The first-order valence-electron chi connectivity index (χ1n) is 5.03. The molecule has 113 valence electrons. The van der Waals surface area contributed by atoms with Crippen molar-refractivity contribution < 1.29 is 46.4 Å². The van der Waals surface area contributed by atoms with Gasteiger partial charge in [0, 0.05) is 26.3 Å². The van der Waals surface area contributed by atoms with E-state index in [1.165, 1.54) is 24.4 Å². The second-order valence-corrected chi connectivity index (χ2v) is 3.77. The maximum absolute atomic E-state index is 12.5. The van der Waals surface area contributed by atoms with Gasteiger partial charge in [-0.2, -0.15) is 26.3 Å². The zero-order chi connectivity index (χ0) is 14.3. The molecule has 0 amide bonds. The van der Waals surface area contributed by atoms with Crippen molar-refractivity contribution >= 4 is 5.84 Å². The van der Waals surface area contributed by atoms with Gasteiger partial charge >= 0.3 is 12.4 Å². The van der Waals surface area contributed by atoms with Crippen LogP contribution in [0.15, 0.2) is 29.4 Å². The Labute approximate surface area is 122 Å². The topological polar surface area (TPSA) is 39.4 Å². The number of amidine groups is 1. The van der Waals surface area contributed by atoms with Crippen molar-refractivity contribution in [3.05, 3.63) is 35.4 Å². The minimum Gasteiger partial charge on any atom is -0.452 e. The summed E-state index contributed by atoms with van der Waals surface area (Å²) in [5.41, 5.74) is -0.122. The van der Waals surface area contributed by atoms with E-state index in [1.54, 1.807) is 0 Å². The Bertz CT molecular complexity index is 484. The van der Waals surface area contributed by atoms with Crippen LogP contribution in [0.25, 0.3) is 5.32 Å². The van der Waals surface area contributed by atoms with Crippen LogP contribution in [0.3, 0.4) is 0 Å². The third-order valence-corrected chi connectivity index (χ3v) is 2.39. The molecule has 2 rings (SSSR count). The van der Waals surface area contributed by atoms with Gasteiger partial charge in [0.1, 0.15) is 0 Å². The van der Waals surface area contributed by atoms with Crippen LogP contribution in [0, 0.1) is 0 Å². The van der Waals surface area contributed by atoms with Gasteiger partial charge in [-0.15, -0.1) is 0 Å². The minimum atomic E-state index is -5.11. The fourth-order valence-corrected chi connectivity index (χ4v) is 1.57. The predicted octanol–water partition coefficient (Wildman–Crippen LogP) is 3.07. The van der Waals surface area contributed by atoms with E-state index in [2.05, 4.69) is 15.3 Å². The van der Waals surface area contributed by atoms with Gasteiger partial charge in [-0.1, -0.05) is 6.07 Å². The van der Waals surface area contributed by atoms with Crippen LogP contribution >= 0.6 is 0 Å². The molecule has 0 aromatic carbocycles. The third-order valence-electron chi connectivity index (χ3n) is 2.39. The smallest absolute Gasteiger partial charge is 0.391 e. The molecule has 1 aromatic heterocycles. The standard InChI is InChI=1S/C10H6F6N3.Ir/c11-9(12,13)6-7(10(14,15)16)19-8(18-6)5-3-1-2-4-17-5;/h1-4,6-7H;/q-1;. The zero-order valence-corrected chi connectivity index (χ0v) is 11.8. The Kier molecular flexibility index (Phi) is 4.81. The van der Waals surface area contributed by atoms with Crippen molar-refractivity contribution in [2.75, 3.05) is 0 Å². The Morgan fingerprint density at radius 2 is 1.65 bits per heavy atom. The second kappa shape index (κ2) is 5.69. The molecule has 10 heteroatoms. The third kappa shape index (κ3) is 3.49. The second-order valence-electron chi connectivity index (χ2n) is 3.77. The van der Waals surface area contributed by atoms with Crippen molar-refractivity contribution in [3.63, 3.8) is 0 Å². The normalized spacial score (nSPS) is 22.8. The van der Waals surface area contributed by atoms with E-state index in [9.17, 15) is 26.3 Å². The molecule has 0 aliphatic carbocycles. The number of aliphatic imine (C=N–C) groups is 1. The van der Waals surface area contributed by atoms with E-state index in [-0.39, 0.29) is 25.8 Å². The molecule has 3 nitrogen and oxygen atoms in total. The Morgan fingerprint density at radius 1 is 1.00 bits per heavy atom. The molecule has 1 aliphatic heterocycles. The van der Waals surface area contributed by atoms with Crippen LogP contribution in [0.4, 0.5) is 26.3 Å². The Morgan fingerprint density at radius 3 is 2.05 bits per heavy atom. The van der Waals surface area contributed by atoms with Crippen LogP contribution in [0.1, 0.15) is 5.69 Å². The zero-order valence-electron chi connectivity index (χ0n) is 9.41. The maximum Gasteiger partial charge on any atom is 0.391 e. The molecule has 0 N–H and O–H groups in total. The molecule has 20 heavy (non-hydrogen) atoms. The molecule has 0 saturated heterocycles. The van der Waals surface area contributed by atoms with Crippen LogP contribution in [-0.4, -0.2) is 35.3 Å². The van der Waals surface area contributed by atoms with Crippen LogP contribution in [0.5, 0.6) is 0 Å². The molecule has 1 radical (unpaired) electrons. The number of nitrogens with zero attached hydrogens (tertiary/aromatic N) is 3. The van der Waals surface area contributed by atoms with Crippen molar-refractivity contribution in [3.8, 4) is 0 Å². The van der Waals surface area contributed by atoms with Crippen LogP contribution in [-0.2, 0) is 20.1 Å². The molecule has 0 fully saturated rings. The first kappa shape index (κ1) is 16.9. The molecule has 1 aromatic rings. The maximum atomic E-state index is 12.5. The molecule has 1 aliphatic rings. The number of hydrogen-bond donors (Lipinski definition) is 0. The summed E-state index contributed by atoms with van der Waals surface area (Å²) in [6.07, 6.45) is -8.99. The fourth-order valence-electron chi connectivity index (χ4n) is 1.57. The quantitative estimate of drug-likeness (QED) is 0.577. The van der Waals surface area contributed by atoms with Crippen molar-refractivity contribution in [1.82, 2.24) is 4.98 Å². The predicted molar refractivity (Wildman–Crippen MR) is 53.8 cm³/mol. The molecule has 0 spiro atoms. The van der Waals surface area contributed by atoms with Crippen LogP contribution in [0.2, 0.25) is 0 Å². The van der Waals surface area contributed by atoms with Gasteiger partial charge in [0.15, 0.2) is 0 Å². The van der Waals surface area contributed by atoms with Gasteiger partial charge in [0.2, 0.25) is 0 Å². The number of aromatic nitrogens is 1. The molecular weight excluding hydrogens is 468 g/mol. The molecular formula is C10H6F6IrN3-. The molecule has 2 unspecified atom stereocenters. The van der Waals surface area contributed by atoms with Gasteiger partial charge in [-0.05, 0) is 18.0 Å². The number of pyridine rings is 1. The average Bonchev–Trinajstić information content (AvgIpc) is 2.74. The SMILES string of the molecule is FC(F)(F)C1N=C(c2ccccn2)[N-]C1C(F)(F)F.[Ir]. The summed E-state index contributed by atoms with van der Waals surface area (Å²) in [6.45, 7) is 0. The van der Waals surface area contributed by atoms with E-state index >= 15 is 0 Å². The summed E-state index contributed by atoms with van der Waals surface area (Å²) >= 11 is 0. The summed E-state index contributed by atoms with van der Waals surface area (Å²) in [6, 6.07) is -1.69. The number of rotatable bonds is 1. The number of halogens is 6. The molecule has 0 bridgehead atoms. The Balaban J connectivity index is 0.00000200. The molecule has 0 saturated carbocycles. The monoisotopic (exact) mass is 475 g/mol. The first-order valence-corrected chi connectivity index (χ1v) is 5.03. The summed E-state index contributed by atoms with van der Waals surface area (Å²) in [5.74, 6) is -0.634. The number of alkyl halides is 6. The van der Waals surface area contributed by atoms with Crippen molar-refractivity contribution in [2.45, 2.75) is 24.4 Å². The van der Waals surface area contributed by atoms with Crippen LogP contribution < -0.4 is 0 Å².